The van der Waals surface area contributed by atoms with Gasteiger partial charge in [-0.15, -0.1) is 12.4 Å². The molecular weight excluding hydrogens is 468 g/mol. The van der Waals surface area contributed by atoms with Crippen LogP contribution >= 0.6 is 12.4 Å². The first-order chi connectivity index (χ1) is 16.1. The van der Waals surface area contributed by atoms with Crippen LogP contribution in [0.2, 0.25) is 0 Å². The van der Waals surface area contributed by atoms with Crippen molar-refractivity contribution in [2.45, 2.75) is 102 Å². The van der Waals surface area contributed by atoms with Crippen molar-refractivity contribution in [2.24, 2.45) is 40.2 Å². The Labute approximate surface area is 216 Å². The van der Waals surface area contributed by atoms with Gasteiger partial charge in [0.1, 0.15) is 6.10 Å². The van der Waals surface area contributed by atoms with E-state index in [1.807, 2.05) is 0 Å². The lowest BCUT2D eigenvalue weighted by Gasteiger charge is -2.64. The number of fused-ring (bicyclic) bond motifs is 5. The Morgan fingerprint density at radius 1 is 1.00 bits per heavy atom. The molecule has 5 aliphatic rings. The minimum absolute atomic E-state index is 0. The van der Waals surface area contributed by atoms with Gasteiger partial charge >= 0.3 is 12.1 Å². The summed E-state index contributed by atoms with van der Waals surface area (Å²) in [5, 5.41) is 9.91. The molecule has 0 radical (unpaired) electrons. The van der Waals surface area contributed by atoms with Gasteiger partial charge in [0.05, 0.1) is 19.1 Å². The topological polar surface area (TPSA) is 102 Å². The molecule has 1 unspecified atom stereocenters. The Morgan fingerprint density at radius 3 is 2.49 bits per heavy atom. The van der Waals surface area contributed by atoms with Crippen molar-refractivity contribution in [3.63, 3.8) is 0 Å². The Hall–Kier alpha value is -1.05. The van der Waals surface area contributed by atoms with Crippen molar-refractivity contribution >= 4 is 24.5 Å². The molecule has 0 aromatic heterocycles. The smallest absolute Gasteiger partial charge is 0.410 e. The molecule has 1 aliphatic heterocycles. The van der Waals surface area contributed by atoms with Crippen LogP contribution in [0.4, 0.5) is 4.79 Å². The number of hydrogen-bond donors (Lipinski definition) is 2. The zero-order valence-corrected chi connectivity index (χ0v) is 22.5. The van der Waals surface area contributed by atoms with E-state index < -0.39 is 6.10 Å². The van der Waals surface area contributed by atoms with Gasteiger partial charge in [0, 0.05) is 18.6 Å². The van der Waals surface area contributed by atoms with E-state index in [1.165, 1.54) is 7.11 Å². The third kappa shape index (κ3) is 4.17. The predicted octanol–water partition coefficient (Wildman–Crippen LogP) is 4.28. The normalized spacial score (nSPS) is 46.9. The van der Waals surface area contributed by atoms with Gasteiger partial charge in [-0.1, -0.05) is 13.8 Å². The molecule has 8 heteroatoms. The van der Waals surface area contributed by atoms with Gasteiger partial charge in [0.25, 0.3) is 0 Å². The molecule has 0 bridgehead atoms. The highest BCUT2D eigenvalue weighted by Gasteiger charge is 2.67. The van der Waals surface area contributed by atoms with Crippen molar-refractivity contribution in [3.05, 3.63) is 0 Å². The number of nitrogens with two attached hydrogens (primary N) is 1. The van der Waals surface area contributed by atoms with Crippen LogP contribution in [0, 0.1) is 34.5 Å². The minimum Gasteiger partial charge on any atom is -0.469 e. The SMILES string of the molecule is COC(=O)[C@H]1CC[C@]2(N)[C@@H]3CC[C@@H]4C[C@@H](OC(=O)N5CCCC(O)C5)CC[C@]4(C)[C@H]3CC[C@]12C.Cl. The molecule has 35 heavy (non-hydrogen) atoms. The molecule has 0 aromatic rings. The minimum atomic E-state index is -0.429. The molecule has 7 nitrogen and oxygen atoms in total. The van der Waals surface area contributed by atoms with E-state index in [4.69, 9.17) is 15.2 Å². The van der Waals surface area contributed by atoms with Crippen LogP contribution in [0.5, 0.6) is 0 Å². The Morgan fingerprint density at radius 2 is 1.77 bits per heavy atom. The lowest BCUT2D eigenvalue weighted by atomic mass is 9.42. The molecule has 5 rings (SSSR count). The van der Waals surface area contributed by atoms with E-state index >= 15 is 0 Å². The van der Waals surface area contributed by atoms with Gasteiger partial charge in [-0.2, -0.15) is 0 Å². The number of piperidine rings is 1. The van der Waals surface area contributed by atoms with E-state index in [-0.39, 0.29) is 52.9 Å². The Balaban J connectivity index is 0.00000289. The summed E-state index contributed by atoms with van der Waals surface area (Å²) in [7, 11) is 1.50. The molecule has 1 saturated heterocycles. The van der Waals surface area contributed by atoms with E-state index in [0.717, 1.165) is 70.6 Å². The second-order valence-corrected chi connectivity index (χ2v) is 12.6. The zero-order chi connectivity index (χ0) is 24.3. The summed E-state index contributed by atoms with van der Waals surface area (Å²) >= 11 is 0. The summed E-state index contributed by atoms with van der Waals surface area (Å²) < 4.78 is 11.1. The summed E-state index contributed by atoms with van der Waals surface area (Å²) in [6.07, 6.45) is 9.86. The number of amides is 1. The molecule has 9 atom stereocenters. The first-order valence-electron chi connectivity index (χ1n) is 13.6. The van der Waals surface area contributed by atoms with Crippen LogP contribution in [0.3, 0.4) is 0 Å². The highest BCUT2D eigenvalue weighted by atomic mass is 35.5. The molecule has 1 amide bonds. The summed E-state index contributed by atoms with van der Waals surface area (Å²) in [5.41, 5.74) is 7.02. The number of aliphatic hydroxyl groups excluding tert-OH is 1. The first kappa shape index (κ1) is 27.0. The maximum absolute atomic E-state index is 12.7. The fourth-order valence-corrected chi connectivity index (χ4v) is 9.25. The standard InChI is InChI=1S/C27H44N2O5.ClH/c1-25-11-8-19(34-24(32)29-14-4-5-18(30)16-29)15-17(25)6-7-21-20(25)9-12-26(2)22(23(31)33-3)10-13-27(21,26)28;/h17-22,30H,4-16,28H2,1-3H3;1H/t17-,18?,19+,20+,21-,22-,25+,26-,27+;/m1./s1. The maximum Gasteiger partial charge on any atom is 0.410 e. The van der Waals surface area contributed by atoms with Crippen LogP contribution in [0.15, 0.2) is 0 Å². The number of halogens is 1. The molecule has 5 fully saturated rings. The highest BCUT2D eigenvalue weighted by Crippen LogP contribution is 2.68. The van der Waals surface area contributed by atoms with Crippen molar-refractivity contribution in [1.29, 1.82) is 0 Å². The van der Waals surface area contributed by atoms with E-state index in [0.29, 0.717) is 30.8 Å². The molecule has 0 spiro atoms. The lowest BCUT2D eigenvalue weighted by molar-refractivity contribution is -0.160. The van der Waals surface area contributed by atoms with E-state index in [2.05, 4.69) is 13.8 Å². The molecular formula is C27H45ClN2O5. The molecule has 0 aromatic carbocycles. The molecule has 200 valence electrons. The van der Waals surface area contributed by atoms with Gasteiger partial charge < -0.3 is 25.2 Å². The Bertz CT molecular complexity index is 827. The first-order valence-corrected chi connectivity index (χ1v) is 13.6. The van der Waals surface area contributed by atoms with E-state index in [1.54, 1.807) is 4.90 Å². The monoisotopic (exact) mass is 512 g/mol. The zero-order valence-electron chi connectivity index (χ0n) is 21.7. The van der Waals surface area contributed by atoms with Crippen molar-refractivity contribution < 1.29 is 24.2 Å². The predicted molar refractivity (Wildman–Crippen MR) is 135 cm³/mol. The average Bonchev–Trinajstić information content (AvgIpc) is 3.10. The third-order valence-electron chi connectivity index (χ3n) is 11.4. The number of nitrogens with zero attached hydrogens (tertiary/aromatic N) is 1. The number of carbonyl (C=O) groups is 2. The van der Waals surface area contributed by atoms with Crippen molar-refractivity contribution in [3.8, 4) is 0 Å². The van der Waals surface area contributed by atoms with E-state index in [9.17, 15) is 14.7 Å². The fraction of sp³-hybridized carbons (Fsp3) is 0.926. The average molecular weight is 513 g/mol. The van der Waals surface area contributed by atoms with Crippen molar-refractivity contribution in [1.82, 2.24) is 4.90 Å². The molecule has 1 heterocycles. The van der Waals surface area contributed by atoms with Gasteiger partial charge in [0.2, 0.25) is 0 Å². The van der Waals surface area contributed by atoms with Crippen LogP contribution in [0.1, 0.15) is 84.5 Å². The molecule has 3 N–H and O–H groups in total. The number of rotatable bonds is 2. The summed E-state index contributed by atoms with van der Waals surface area (Å²) in [6, 6.07) is 0. The van der Waals surface area contributed by atoms with Gasteiger partial charge in [-0.3, -0.25) is 4.79 Å². The third-order valence-corrected chi connectivity index (χ3v) is 11.4. The Kier molecular flexibility index (Phi) is 7.47. The number of hydrogen-bond acceptors (Lipinski definition) is 6. The number of carbonyl (C=O) groups excluding carboxylic acids is 2. The van der Waals surface area contributed by atoms with Crippen LogP contribution in [0.25, 0.3) is 0 Å². The second kappa shape index (κ2) is 9.68. The van der Waals surface area contributed by atoms with Gasteiger partial charge in [-0.25, -0.2) is 4.79 Å². The maximum atomic E-state index is 12.7. The molecule has 4 saturated carbocycles. The second-order valence-electron chi connectivity index (χ2n) is 12.6. The number of likely N-dealkylation sites (tertiary alicyclic amines) is 1. The number of β-amino-alcohol motifs (C(OH)–C–C–N with tert-alkyl or cyclic N) is 1. The van der Waals surface area contributed by atoms with Gasteiger partial charge in [-0.05, 0) is 99.2 Å². The number of ether oxygens (including phenoxy) is 2. The van der Waals surface area contributed by atoms with Crippen LogP contribution in [-0.4, -0.2) is 60.0 Å². The quantitative estimate of drug-likeness (QED) is 0.535. The summed E-state index contributed by atoms with van der Waals surface area (Å²) in [4.78, 5) is 27.0. The fourth-order valence-electron chi connectivity index (χ4n) is 9.25. The van der Waals surface area contributed by atoms with Crippen molar-refractivity contribution in [2.75, 3.05) is 20.2 Å². The summed E-state index contributed by atoms with van der Waals surface area (Å²) in [6.45, 7) is 5.78. The van der Waals surface area contributed by atoms with Crippen LogP contribution in [-0.2, 0) is 14.3 Å². The summed E-state index contributed by atoms with van der Waals surface area (Å²) in [5.74, 6) is 1.37. The number of esters is 1. The molecule has 4 aliphatic carbocycles. The number of aliphatic hydroxyl groups is 1. The highest BCUT2D eigenvalue weighted by molar-refractivity contribution is 5.85. The van der Waals surface area contributed by atoms with Gasteiger partial charge in [0.15, 0.2) is 0 Å². The van der Waals surface area contributed by atoms with Crippen LogP contribution < -0.4 is 5.73 Å². The number of methoxy groups -OCH3 is 1. The lowest BCUT2D eigenvalue weighted by Crippen LogP contribution is -2.66. The largest absolute Gasteiger partial charge is 0.469 e.